The van der Waals surface area contributed by atoms with Crippen LogP contribution in [0.4, 0.5) is 9.18 Å². The normalized spacial score (nSPS) is 23.3. The number of carbonyl (C=O) groups is 2. The van der Waals surface area contributed by atoms with Crippen molar-refractivity contribution < 1.29 is 23.8 Å². The summed E-state index contributed by atoms with van der Waals surface area (Å²) in [5.41, 5.74) is -0.491. The molecule has 0 bridgehead atoms. The second-order valence-corrected chi connectivity index (χ2v) is 6.55. The summed E-state index contributed by atoms with van der Waals surface area (Å²) in [6, 6.07) is 5.95. The summed E-state index contributed by atoms with van der Waals surface area (Å²) in [7, 11) is 0. The van der Waals surface area contributed by atoms with Crippen LogP contribution in [-0.4, -0.2) is 64.8 Å². The van der Waals surface area contributed by atoms with Gasteiger partial charge in [-0.1, -0.05) is 12.1 Å². The Bertz CT molecular complexity index is 643. The van der Waals surface area contributed by atoms with E-state index >= 15 is 0 Å². The first-order valence-corrected chi connectivity index (χ1v) is 8.10. The smallest absolute Gasteiger partial charge is 0.407 e. The van der Waals surface area contributed by atoms with E-state index in [9.17, 15) is 14.0 Å². The molecule has 1 atom stereocenters. The molecular weight excluding hydrogens is 315 g/mol. The van der Waals surface area contributed by atoms with Gasteiger partial charge in [0.05, 0.1) is 23.8 Å². The van der Waals surface area contributed by atoms with E-state index in [0.717, 1.165) is 0 Å². The van der Waals surface area contributed by atoms with Crippen molar-refractivity contribution in [2.45, 2.75) is 31.5 Å². The number of morpholine rings is 1. The Morgan fingerprint density at radius 1 is 1.25 bits per heavy atom. The minimum atomic E-state index is -0.937. The number of amides is 2. The van der Waals surface area contributed by atoms with Gasteiger partial charge in [-0.05, 0) is 31.9 Å². The van der Waals surface area contributed by atoms with Crippen molar-refractivity contribution in [3.63, 3.8) is 0 Å². The molecule has 0 saturated carbocycles. The summed E-state index contributed by atoms with van der Waals surface area (Å²) in [5.74, 6) is -0.875. The van der Waals surface area contributed by atoms with Gasteiger partial charge in [0.2, 0.25) is 0 Å². The Hall–Kier alpha value is -2.15. The van der Waals surface area contributed by atoms with Gasteiger partial charge in [0.1, 0.15) is 5.82 Å². The molecule has 1 spiro atoms. The third kappa shape index (κ3) is 3.21. The van der Waals surface area contributed by atoms with Crippen molar-refractivity contribution in [1.29, 1.82) is 0 Å². The molecule has 1 aromatic carbocycles. The molecule has 0 radical (unpaired) electrons. The molecule has 130 valence electrons. The SMILES string of the molecule is CC1CN(C(=O)c2ccccc2F)CC2(CCN(C(=O)O)CC2)O1. The molecule has 2 heterocycles. The molecule has 24 heavy (non-hydrogen) atoms. The number of carbonyl (C=O) groups excluding carboxylic acids is 1. The lowest BCUT2D eigenvalue weighted by Crippen LogP contribution is -2.60. The van der Waals surface area contributed by atoms with E-state index in [0.29, 0.717) is 39.0 Å². The zero-order valence-electron chi connectivity index (χ0n) is 13.6. The second kappa shape index (κ2) is 6.39. The quantitative estimate of drug-likeness (QED) is 0.853. The molecule has 1 N–H and O–H groups in total. The molecule has 1 aromatic rings. The van der Waals surface area contributed by atoms with Crippen LogP contribution < -0.4 is 0 Å². The van der Waals surface area contributed by atoms with Crippen LogP contribution in [0.3, 0.4) is 0 Å². The van der Waals surface area contributed by atoms with Crippen LogP contribution in [0.5, 0.6) is 0 Å². The highest BCUT2D eigenvalue weighted by molar-refractivity contribution is 5.94. The van der Waals surface area contributed by atoms with Gasteiger partial charge in [-0.15, -0.1) is 0 Å². The third-order valence-corrected chi connectivity index (χ3v) is 4.74. The molecule has 3 rings (SSSR count). The predicted molar refractivity (Wildman–Crippen MR) is 84.4 cm³/mol. The number of ether oxygens (including phenoxy) is 1. The lowest BCUT2D eigenvalue weighted by Gasteiger charge is -2.49. The zero-order chi connectivity index (χ0) is 17.3. The number of nitrogens with zero attached hydrogens (tertiary/aromatic N) is 2. The highest BCUT2D eigenvalue weighted by Crippen LogP contribution is 2.33. The van der Waals surface area contributed by atoms with Gasteiger partial charge in [0.25, 0.3) is 5.91 Å². The van der Waals surface area contributed by atoms with Crippen LogP contribution in [0, 0.1) is 5.82 Å². The lowest BCUT2D eigenvalue weighted by molar-refractivity contribution is -0.159. The van der Waals surface area contributed by atoms with Gasteiger partial charge in [-0.3, -0.25) is 4.79 Å². The number of carboxylic acid groups (broad SMARTS) is 1. The van der Waals surface area contributed by atoms with Gasteiger partial charge in [0.15, 0.2) is 0 Å². The summed E-state index contributed by atoms with van der Waals surface area (Å²) in [5, 5.41) is 9.08. The molecule has 1 unspecified atom stereocenters. The number of benzene rings is 1. The zero-order valence-corrected chi connectivity index (χ0v) is 13.6. The maximum absolute atomic E-state index is 13.9. The van der Waals surface area contributed by atoms with Gasteiger partial charge in [-0.25, -0.2) is 9.18 Å². The molecule has 0 aliphatic carbocycles. The number of hydrogen-bond acceptors (Lipinski definition) is 3. The second-order valence-electron chi connectivity index (χ2n) is 6.55. The van der Waals surface area contributed by atoms with E-state index in [1.807, 2.05) is 6.92 Å². The Morgan fingerprint density at radius 2 is 1.92 bits per heavy atom. The average molecular weight is 336 g/mol. The van der Waals surface area contributed by atoms with Crippen molar-refractivity contribution >= 4 is 12.0 Å². The molecule has 6 nitrogen and oxygen atoms in total. The standard InChI is InChI=1S/C17H21FN2O4/c1-12-10-20(15(21)13-4-2-3-5-14(13)18)11-17(24-12)6-8-19(9-7-17)16(22)23/h2-5,12H,6-11H2,1H3,(H,22,23). The van der Waals surface area contributed by atoms with Crippen molar-refractivity contribution in [2.75, 3.05) is 26.2 Å². The molecule has 2 aliphatic rings. The number of hydrogen-bond donors (Lipinski definition) is 1. The van der Waals surface area contributed by atoms with Crippen molar-refractivity contribution in [2.24, 2.45) is 0 Å². The Balaban J connectivity index is 1.76. The van der Waals surface area contributed by atoms with Gasteiger partial charge in [0, 0.05) is 19.6 Å². The number of likely N-dealkylation sites (tertiary alicyclic amines) is 1. The van der Waals surface area contributed by atoms with Gasteiger partial charge >= 0.3 is 6.09 Å². The van der Waals surface area contributed by atoms with Crippen molar-refractivity contribution in [1.82, 2.24) is 9.80 Å². The van der Waals surface area contributed by atoms with E-state index in [1.165, 1.54) is 17.0 Å². The number of halogens is 1. The maximum atomic E-state index is 13.9. The summed E-state index contributed by atoms with van der Waals surface area (Å²) in [4.78, 5) is 26.7. The van der Waals surface area contributed by atoms with E-state index < -0.39 is 17.5 Å². The predicted octanol–water partition coefficient (Wildman–Crippen LogP) is 2.20. The van der Waals surface area contributed by atoms with Crippen molar-refractivity contribution in [3.05, 3.63) is 35.6 Å². The molecule has 2 fully saturated rings. The van der Waals surface area contributed by atoms with Crippen LogP contribution in [0.15, 0.2) is 24.3 Å². The fourth-order valence-corrected chi connectivity index (χ4v) is 3.57. The van der Waals surface area contributed by atoms with Gasteiger partial charge in [-0.2, -0.15) is 0 Å². The average Bonchev–Trinajstić information content (AvgIpc) is 2.54. The van der Waals surface area contributed by atoms with E-state index in [-0.39, 0.29) is 17.6 Å². The number of rotatable bonds is 1. The van der Waals surface area contributed by atoms with Crippen LogP contribution in [0.25, 0.3) is 0 Å². The fraction of sp³-hybridized carbons (Fsp3) is 0.529. The first kappa shape index (κ1) is 16.7. The third-order valence-electron chi connectivity index (χ3n) is 4.74. The van der Waals surface area contributed by atoms with Crippen LogP contribution in [-0.2, 0) is 4.74 Å². The Kier molecular flexibility index (Phi) is 4.45. The largest absolute Gasteiger partial charge is 0.465 e. The van der Waals surface area contributed by atoms with Crippen LogP contribution in [0.1, 0.15) is 30.1 Å². The van der Waals surface area contributed by atoms with E-state index in [1.54, 1.807) is 17.0 Å². The van der Waals surface area contributed by atoms with E-state index in [4.69, 9.17) is 9.84 Å². The summed E-state index contributed by atoms with van der Waals surface area (Å²) in [6.07, 6.45) is -0.0473. The van der Waals surface area contributed by atoms with Crippen LogP contribution in [0.2, 0.25) is 0 Å². The van der Waals surface area contributed by atoms with E-state index in [2.05, 4.69) is 0 Å². The lowest BCUT2D eigenvalue weighted by atomic mass is 9.88. The first-order valence-electron chi connectivity index (χ1n) is 8.10. The molecule has 7 heteroatoms. The molecule has 2 saturated heterocycles. The highest BCUT2D eigenvalue weighted by atomic mass is 19.1. The summed E-state index contributed by atoms with van der Waals surface area (Å²) >= 11 is 0. The first-order chi connectivity index (χ1) is 11.4. The Morgan fingerprint density at radius 3 is 2.54 bits per heavy atom. The fourth-order valence-electron chi connectivity index (χ4n) is 3.57. The number of piperidine rings is 1. The molecule has 2 aliphatic heterocycles. The Labute approximate surface area is 139 Å². The molecule has 0 aromatic heterocycles. The molecular formula is C17H21FN2O4. The highest BCUT2D eigenvalue weighted by Gasteiger charge is 2.44. The minimum absolute atomic E-state index is 0.0599. The van der Waals surface area contributed by atoms with Crippen molar-refractivity contribution in [3.8, 4) is 0 Å². The van der Waals surface area contributed by atoms with Crippen LogP contribution >= 0.6 is 0 Å². The molecule has 2 amide bonds. The monoisotopic (exact) mass is 336 g/mol. The summed E-state index contributed by atoms with van der Waals surface area (Å²) < 4.78 is 20.0. The summed E-state index contributed by atoms with van der Waals surface area (Å²) in [6.45, 7) is 3.40. The maximum Gasteiger partial charge on any atom is 0.407 e. The minimum Gasteiger partial charge on any atom is -0.465 e. The topological polar surface area (TPSA) is 70.1 Å². The van der Waals surface area contributed by atoms with Gasteiger partial charge < -0.3 is 19.6 Å².